The third-order valence-corrected chi connectivity index (χ3v) is 4.43. The van der Waals surface area contributed by atoms with E-state index >= 15 is 0 Å². The van der Waals surface area contributed by atoms with E-state index in [1.165, 1.54) is 6.08 Å². The van der Waals surface area contributed by atoms with Crippen LogP contribution in [0.3, 0.4) is 0 Å². The molecule has 0 radical (unpaired) electrons. The van der Waals surface area contributed by atoms with Gasteiger partial charge in [0, 0.05) is 30.7 Å². The topological polar surface area (TPSA) is 84.7 Å². The standard InChI is InChI=1S/C21H19N3O4/c25-18(9-8-15-5-3-4-10-22-15)23-19-16-6-1-2-7-17(16)28-20(19)21(26)24-11-13-27-14-12-24/h1-10H,11-14H2,(H,23,25). The highest BCUT2D eigenvalue weighted by Crippen LogP contribution is 2.32. The van der Waals surface area contributed by atoms with Crippen molar-refractivity contribution in [2.75, 3.05) is 31.6 Å². The van der Waals surface area contributed by atoms with Crippen molar-refractivity contribution >= 4 is 34.5 Å². The molecule has 7 heteroatoms. The van der Waals surface area contributed by atoms with Gasteiger partial charge in [-0.25, -0.2) is 0 Å². The number of ether oxygens (including phenoxy) is 1. The maximum atomic E-state index is 12.9. The second-order valence-electron chi connectivity index (χ2n) is 6.28. The molecule has 3 aromatic rings. The number of anilines is 1. The number of nitrogens with one attached hydrogen (secondary N) is 1. The van der Waals surface area contributed by atoms with Crippen molar-refractivity contribution in [3.8, 4) is 0 Å². The lowest BCUT2D eigenvalue weighted by Gasteiger charge is -2.26. The summed E-state index contributed by atoms with van der Waals surface area (Å²) in [5.41, 5.74) is 1.59. The molecule has 2 aromatic heterocycles. The van der Waals surface area contributed by atoms with Crippen LogP contribution in [-0.4, -0.2) is 48.0 Å². The first-order valence-electron chi connectivity index (χ1n) is 9.01. The van der Waals surface area contributed by atoms with Crippen molar-refractivity contribution in [2.45, 2.75) is 0 Å². The largest absolute Gasteiger partial charge is 0.449 e. The maximum Gasteiger partial charge on any atom is 0.291 e. The average molecular weight is 377 g/mol. The quantitative estimate of drug-likeness (QED) is 0.707. The number of rotatable bonds is 4. The van der Waals surface area contributed by atoms with Crippen molar-refractivity contribution in [3.05, 3.63) is 66.2 Å². The number of nitrogens with zero attached hydrogens (tertiary/aromatic N) is 2. The highest BCUT2D eigenvalue weighted by molar-refractivity contribution is 6.13. The van der Waals surface area contributed by atoms with Crippen molar-refractivity contribution in [1.82, 2.24) is 9.88 Å². The maximum absolute atomic E-state index is 12.9. The van der Waals surface area contributed by atoms with E-state index in [0.29, 0.717) is 48.7 Å². The first-order chi connectivity index (χ1) is 13.7. The highest BCUT2D eigenvalue weighted by Gasteiger charge is 2.27. The second kappa shape index (κ2) is 8.06. The zero-order valence-corrected chi connectivity index (χ0v) is 15.1. The van der Waals surface area contributed by atoms with Crippen LogP contribution in [0, 0.1) is 0 Å². The van der Waals surface area contributed by atoms with Crippen LogP contribution in [0.2, 0.25) is 0 Å². The molecular formula is C21H19N3O4. The number of amides is 2. The summed E-state index contributed by atoms with van der Waals surface area (Å²) in [5.74, 6) is -0.501. The van der Waals surface area contributed by atoms with Gasteiger partial charge >= 0.3 is 0 Å². The van der Waals surface area contributed by atoms with Crippen LogP contribution in [-0.2, 0) is 9.53 Å². The first kappa shape index (κ1) is 17.9. The van der Waals surface area contributed by atoms with E-state index in [2.05, 4.69) is 10.3 Å². The van der Waals surface area contributed by atoms with Crippen LogP contribution in [0.15, 0.2) is 59.2 Å². The van der Waals surface area contributed by atoms with Gasteiger partial charge in [-0.1, -0.05) is 18.2 Å². The number of aromatic nitrogens is 1. The van der Waals surface area contributed by atoms with Gasteiger partial charge in [-0.05, 0) is 30.3 Å². The zero-order valence-electron chi connectivity index (χ0n) is 15.1. The minimum atomic E-state index is -0.367. The number of pyridine rings is 1. The summed E-state index contributed by atoms with van der Waals surface area (Å²) < 4.78 is 11.1. The number of para-hydroxylation sites is 1. The van der Waals surface area contributed by atoms with Crippen molar-refractivity contribution < 1.29 is 18.7 Å². The average Bonchev–Trinajstić information content (AvgIpc) is 3.11. The molecule has 4 rings (SSSR count). The Morgan fingerprint density at radius 2 is 1.86 bits per heavy atom. The summed E-state index contributed by atoms with van der Waals surface area (Å²) in [7, 11) is 0. The minimum absolute atomic E-state index is 0.127. The first-order valence-corrected chi connectivity index (χ1v) is 9.01. The normalized spacial score (nSPS) is 14.5. The molecule has 28 heavy (non-hydrogen) atoms. The summed E-state index contributed by atoms with van der Waals surface area (Å²) in [6.07, 6.45) is 4.65. The Labute approximate surface area is 161 Å². The Morgan fingerprint density at radius 1 is 1.07 bits per heavy atom. The van der Waals surface area contributed by atoms with E-state index in [9.17, 15) is 9.59 Å². The molecule has 142 valence electrons. The van der Waals surface area contributed by atoms with Crippen LogP contribution < -0.4 is 5.32 Å². The van der Waals surface area contributed by atoms with Crippen LogP contribution in [0.25, 0.3) is 17.0 Å². The van der Waals surface area contributed by atoms with Gasteiger partial charge in [0.1, 0.15) is 11.3 Å². The van der Waals surface area contributed by atoms with Gasteiger partial charge in [0.25, 0.3) is 5.91 Å². The van der Waals surface area contributed by atoms with E-state index in [1.807, 2.05) is 24.3 Å². The molecule has 1 aliphatic heterocycles. The minimum Gasteiger partial charge on any atom is -0.449 e. The van der Waals surface area contributed by atoms with E-state index < -0.39 is 0 Å². The number of furan rings is 1. The summed E-state index contributed by atoms with van der Waals surface area (Å²) in [6.45, 7) is 1.95. The third-order valence-electron chi connectivity index (χ3n) is 4.43. The number of carbonyl (C=O) groups is 2. The molecule has 0 aliphatic carbocycles. The molecule has 7 nitrogen and oxygen atoms in total. The Morgan fingerprint density at radius 3 is 2.64 bits per heavy atom. The smallest absolute Gasteiger partial charge is 0.291 e. The summed E-state index contributed by atoms with van der Waals surface area (Å²) in [6, 6.07) is 12.7. The zero-order chi connectivity index (χ0) is 19.3. The molecule has 0 spiro atoms. The molecular weight excluding hydrogens is 358 g/mol. The van der Waals surface area contributed by atoms with Crippen LogP contribution >= 0.6 is 0 Å². The number of benzene rings is 1. The predicted octanol–water partition coefficient (Wildman–Crippen LogP) is 2.95. The Balaban J connectivity index is 1.62. The van der Waals surface area contributed by atoms with Gasteiger partial charge < -0.3 is 19.4 Å². The van der Waals surface area contributed by atoms with E-state index in [0.717, 1.165) is 0 Å². The van der Waals surface area contributed by atoms with E-state index in [-0.39, 0.29) is 17.6 Å². The molecule has 1 N–H and O–H groups in total. The number of fused-ring (bicyclic) bond motifs is 1. The lowest BCUT2D eigenvalue weighted by atomic mass is 10.2. The molecule has 0 atom stereocenters. The van der Waals surface area contributed by atoms with Crippen LogP contribution in [0.1, 0.15) is 16.2 Å². The summed E-state index contributed by atoms with van der Waals surface area (Å²) in [4.78, 5) is 31.2. The van der Waals surface area contributed by atoms with Gasteiger partial charge in [0.2, 0.25) is 11.7 Å². The van der Waals surface area contributed by atoms with E-state index in [4.69, 9.17) is 9.15 Å². The molecule has 3 heterocycles. The fourth-order valence-electron chi connectivity index (χ4n) is 3.03. The predicted molar refractivity (Wildman–Crippen MR) is 105 cm³/mol. The van der Waals surface area contributed by atoms with Crippen molar-refractivity contribution in [3.63, 3.8) is 0 Å². The third kappa shape index (κ3) is 3.79. The van der Waals surface area contributed by atoms with Crippen molar-refractivity contribution in [2.24, 2.45) is 0 Å². The molecule has 1 saturated heterocycles. The van der Waals surface area contributed by atoms with Gasteiger partial charge in [-0.15, -0.1) is 0 Å². The molecule has 2 amide bonds. The monoisotopic (exact) mass is 377 g/mol. The van der Waals surface area contributed by atoms with Gasteiger partial charge in [0.15, 0.2) is 0 Å². The van der Waals surface area contributed by atoms with Gasteiger partial charge in [0.05, 0.1) is 18.9 Å². The number of carbonyl (C=O) groups excluding carboxylic acids is 2. The fraction of sp³-hybridized carbons (Fsp3) is 0.190. The van der Waals surface area contributed by atoms with Crippen LogP contribution in [0.4, 0.5) is 5.69 Å². The SMILES string of the molecule is O=C(C=Cc1ccccn1)Nc1c(C(=O)N2CCOCC2)oc2ccccc12. The number of hydrogen-bond acceptors (Lipinski definition) is 5. The highest BCUT2D eigenvalue weighted by atomic mass is 16.5. The Hall–Kier alpha value is -3.45. The number of hydrogen-bond donors (Lipinski definition) is 1. The lowest BCUT2D eigenvalue weighted by Crippen LogP contribution is -2.40. The Bertz CT molecular complexity index is 1020. The molecule has 1 fully saturated rings. The molecule has 1 aliphatic rings. The van der Waals surface area contributed by atoms with Crippen LogP contribution in [0.5, 0.6) is 0 Å². The second-order valence-corrected chi connectivity index (χ2v) is 6.28. The molecule has 0 bridgehead atoms. The summed E-state index contributed by atoms with van der Waals surface area (Å²) >= 11 is 0. The fourth-order valence-corrected chi connectivity index (χ4v) is 3.03. The lowest BCUT2D eigenvalue weighted by molar-refractivity contribution is -0.111. The van der Waals surface area contributed by atoms with E-state index in [1.54, 1.807) is 35.4 Å². The molecule has 1 aromatic carbocycles. The van der Waals surface area contributed by atoms with Crippen molar-refractivity contribution in [1.29, 1.82) is 0 Å². The Kier molecular flexibility index (Phi) is 5.16. The molecule has 0 unspecified atom stereocenters. The molecule has 0 saturated carbocycles. The number of morpholine rings is 1. The van der Waals surface area contributed by atoms with Gasteiger partial charge in [-0.3, -0.25) is 14.6 Å². The summed E-state index contributed by atoms with van der Waals surface area (Å²) in [5, 5.41) is 3.48. The van der Waals surface area contributed by atoms with Gasteiger partial charge in [-0.2, -0.15) is 0 Å².